The molecule has 0 atom stereocenters. The molecule has 0 saturated carbocycles. The van der Waals surface area contributed by atoms with Crippen LogP contribution in [0.25, 0.3) is 11.8 Å². The standard InChI is InChI=1S/C27H24N4O2S/c1-19-10-12-22(13-11-19)33-16-6-15-30-14-5-9-21(30)17-23-25(28)31-24(20-7-3-2-4-8-20)18-34-27(31)29-26(23)32/h2-5,7-14,17-18,28H,6,15-16H2,1H3/b23-17-,28-25?. The molecule has 0 spiro atoms. The molecule has 0 aliphatic carbocycles. The van der Waals surface area contributed by atoms with Gasteiger partial charge in [0.25, 0.3) is 5.91 Å². The Morgan fingerprint density at radius 2 is 1.85 bits per heavy atom. The zero-order valence-electron chi connectivity index (χ0n) is 18.8. The van der Waals surface area contributed by atoms with E-state index in [2.05, 4.69) is 16.5 Å². The molecule has 0 fully saturated rings. The number of aromatic nitrogens is 1. The van der Waals surface area contributed by atoms with Gasteiger partial charge < -0.3 is 9.30 Å². The number of amides is 1. The Hall–Kier alpha value is -3.84. The van der Waals surface area contributed by atoms with Gasteiger partial charge in [-0.3, -0.25) is 15.1 Å². The number of hydrogen-bond acceptors (Lipinski definition) is 4. The summed E-state index contributed by atoms with van der Waals surface area (Å²) in [6.07, 6.45) is 4.55. The first-order chi connectivity index (χ1) is 16.6. The molecule has 2 aliphatic rings. The highest BCUT2D eigenvalue weighted by Crippen LogP contribution is 2.37. The molecule has 1 amide bonds. The predicted octanol–water partition coefficient (Wildman–Crippen LogP) is 5.57. The van der Waals surface area contributed by atoms with Gasteiger partial charge in [-0.15, -0.1) is 0 Å². The molecule has 3 aromatic rings. The maximum absolute atomic E-state index is 12.8. The molecule has 6 nitrogen and oxygen atoms in total. The summed E-state index contributed by atoms with van der Waals surface area (Å²) >= 11 is 1.37. The van der Waals surface area contributed by atoms with Gasteiger partial charge in [0.15, 0.2) is 5.17 Å². The van der Waals surface area contributed by atoms with E-state index in [-0.39, 0.29) is 17.3 Å². The molecule has 3 heterocycles. The second-order valence-corrected chi connectivity index (χ2v) is 8.91. The second-order valence-electron chi connectivity index (χ2n) is 8.07. The zero-order valence-corrected chi connectivity index (χ0v) is 19.6. The van der Waals surface area contributed by atoms with Crippen molar-refractivity contribution < 1.29 is 9.53 Å². The van der Waals surface area contributed by atoms with Crippen LogP contribution in [0.1, 0.15) is 23.2 Å². The van der Waals surface area contributed by atoms with Gasteiger partial charge in [-0.2, -0.15) is 4.99 Å². The molecule has 0 saturated heterocycles. The van der Waals surface area contributed by atoms with Gasteiger partial charge in [-0.25, -0.2) is 0 Å². The number of aliphatic imine (C=N–C) groups is 1. The van der Waals surface area contributed by atoms with Crippen molar-refractivity contribution in [2.24, 2.45) is 4.99 Å². The fraction of sp³-hybridized carbons (Fsp3) is 0.148. The molecular formula is C27H24N4O2S. The van der Waals surface area contributed by atoms with Gasteiger partial charge in [0.05, 0.1) is 17.9 Å². The van der Waals surface area contributed by atoms with Crippen LogP contribution in [-0.4, -0.2) is 33.0 Å². The normalized spacial score (nSPS) is 16.5. The van der Waals surface area contributed by atoms with Crippen molar-refractivity contribution in [2.45, 2.75) is 19.9 Å². The number of rotatable bonds is 7. The number of nitrogens with zero attached hydrogens (tertiary/aromatic N) is 3. The number of aryl methyl sites for hydroxylation is 2. The van der Waals surface area contributed by atoms with E-state index in [9.17, 15) is 4.79 Å². The Bertz CT molecular complexity index is 1320. The Balaban J connectivity index is 1.30. The lowest BCUT2D eigenvalue weighted by atomic mass is 10.1. The molecule has 1 N–H and O–H groups in total. The zero-order chi connectivity index (χ0) is 23.5. The first-order valence-corrected chi connectivity index (χ1v) is 12.0. The number of amidine groups is 2. The van der Waals surface area contributed by atoms with Gasteiger partial charge in [0.2, 0.25) is 0 Å². The van der Waals surface area contributed by atoms with Crippen LogP contribution in [0, 0.1) is 12.3 Å². The number of fused-ring (bicyclic) bond motifs is 1. The van der Waals surface area contributed by atoms with Gasteiger partial charge >= 0.3 is 0 Å². The van der Waals surface area contributed by atoms with Gasteiger partial charge in [-0.1, -0.05) is 59.8 Å². The molecule has 5 rings (SSSR count). The van der Waals surface area contributed by atoms with E-state index < -0.39 is 0 Å². The quantitative estimate of drug-likeness (QED) is 0.364. The molecule has 0 radical (unpaired) electrons. The maximum atomic E-state index is 12.8. The van der Waals surface area contributed by atoms with Crippen molar-refractivity contribution in [2.75, 3.05) is 6.61 Å². The lowest BCUT2D eigenvalue weighted by Gasteiger charge is -2.27. The van der Waals surface area contributed by atoms with E-state index in [1.165, 1.54) is 17.3 Å². The van der Waals surface area contributed by atoms with Crippen molar-refractivity contribution in [3.05, 3.63) is 101 Å². The Morgan fingerprint density at radius 1 is 1.06 bits per heavy atom. The third-order valence-electron chi connectivity index (χ3n) is 5.67. The number of benzene rings is 2. The monoisotopic (exact) mass is 468 g/mol. The van der Waals surface area contributed by atoms with Crippen LogP contribution in [0.3, 0.4) is 0 Å². The third-order valence-corrected chi connectivity index (χ3v) is 6.50. The minimum absolute atomic E-state index is 0.144. The number of hydrogen-bond donors (Lipinski definition) is 1. The van der Waals surface area contributed by atoms with E-state index in [1.807, 2.05) is 78.3 Å². The Kier molecular flexibility index (Phi) is 6.18. The summed E-state index contributed by atoms with van der Waals surface area (Å²) in [6, 6.07) is 21.8. The van der Waals surface area contributed by atoms with E-state index >= 15 is 0 Å². The van der Waals surface area contributed by atoms with Crippen LogP contribution in [0.2, 0.25) is 0 Å². The molecule has 2 aliphatic heterocycles. The van der Waals surface area contributed by atoms with E-state index in [0.29, 0.717) is 11.8 Å². The molecule has 0 unspecified atom stereocenters. The summed E-state index contributed by atoms with van der Waals surface area (Å²) in [6.45, 7) is 3.38. The van der Waals surface area contributed by atoms with E-state index in [1.54, 1.807) is 11.0 Å². The lowest BCUT2D eigenvalue weighted by molar-refractivity contribution is -0.114. The summed E-state index contributed by atoms with van der Waals surface area (Å²) in [7, 11) is 0. The van der Waals surface area contributed by atoms with Crippen molar-refractivity contribution in [1.82, 2.24) is 9.47 Å². The Labute approximate surface area is 202 Å². The topological polar surface area (TPSA) is 70.7 Å². The first kappa shape index (κ1) is 22.0. The molecule has 34 heavy (non-hydrogen) atoms. The second kappa shape index (κ2) is 9.57. The SMILES string of the molecule is Cc1ccc(OCCCn2cccc2/C=C2/C(=N)N3C(c4ccccc4)=CSC3=NC2=O)cc1. The summed E-state index contributed by atoms with van der Waals surface area (Å²) in [5.74, 6) is 0.619. The summed E-state index contributed by atoms with van der Waals surface area (Å²) < 4.78 is 7.90. The highest BCUT2D eigenvalue weighted by Gasteiger charge is 2.36. The van der Waals surface area contributed by atoms with Crippen molar-refractivity contribution in [3.8, 4) is 5.75 Å². The van der Waals surface area contributed by atoms with Crippen LogP contribution in [0.5, 0.6) is 5.75 Å². The van der Waals surface area contributed by atoms with Gasteiger partial charge in [-0.05, 0) is 49.2 Å². The number of carbonyl (C=O) groups is 1. The van der Waals surface area contributed by atoms with Crippen LogP contribution < -0.4 is 4.74 Å². The van der Waals surface area contributed by atoms with Crippen LogP contribution in [0.15, 0.2) is 88.9 Å². The summed E-state index contributed by atoms with van der Waals surface area (Å²) in [4.78, 5) is 18.8. The third kappa shape index (κ3) is 4.47. The molecular weight excluding hydrogens is 444 g/mol. The van der Waals surface area contributed by atoms with Crippen molar-refractivity contribution >= 4 is 40.4 Å². The van der Waals surface area contributed by atoms with E-state index in [4.69, 9.17) is 10.1 Å². The fourth-order valence-electron chi connectivity index (χ4n) is 3.88. The molecule has 0 bridgehead atoms. The number of thioether (sulfide) groups is 1. The molecule has 1 aromatic heterocycles. The smallest absolute Gasteiger partial charge is 0.283 e. The molecule has 7 heteroatoms. The Morgan fingerprint density at radius 3 is 2.65 bits per heavy atom. The minimum atomic E-state index is -0.387. The van der Waals surface area contributed by atoms with Crippen molar-refractivity contribution in [3.63, 3.8) is 0 Å². The number of carbonyl (C=O) groups excluding carboxylic acids is 1. The lowest BCUT2D eigenvalue weighted by Crippen LogP contribution is -2.38. The average molecular weight is 469 g/mol. The summed E-state index contributed by atoms with van der Waals surface area (Å²) in [5.41, 5.74) is 4.19. The molecule has 170 valence electrons. The van der Waals surface area contributed by atoms with Crippen LogP contribution in [0.4, 0.5) is 0 Å². The molecule has 2 aromatic carbocycles. The van der Waals surface area contributed by atoms with E-state index in [0.717, 1.165) is 35.7 Å². The summed E-state index contributed by atoms with van der Waals surface area (Å²) in [5, 5.41) is 11.3. The fourth-order valence-corrected chi connectivity index (χ4v) is 4.77. The van der Waals surface area contributed by atoms with Gasteiger partial charge in [0.1, 0.15) is 11.6 Å². The first-order valence-electron chi connectivity index (χ1n) is 11.1. The van der Waals surface area contributed by atoms with Crippen LogP contribution >= 0.6 is 11.8 Å². The van der Waals surface area contributed by atoms with Gasteiger partial charge in [0, 0.05) is 23.8 Å². The highest BCUT2D eigenvalue weighted by atomic mass is 32.2. The largest absolute Gasteiger partial charge is 0.494 e. The maximum Gasteiger partial charge on any atom is 0.283 e. The number of nitrogens with one attached hydrogen (secondary N) is 1. The average Bonchev–Trinajstić information content (AvgIpc) is 3.48. The van der Waals surface area contributed by atoms with Crippen LogP contribution in [-0.2, 0) is 11.3 Å². The minimum Gasteiger partial charge on any atom is -0.494 e. The predicted molar refractivity (Wildman–Crippen MR) is 138 cm³/mol. The number of ether oxygens (including phenoxy) is 1. The highest BCUT2D eigenvalue weighted by molar-refractivity contribution is 8.17. The van der Waals surface area contributed by atoms with Crippen molar-refractivity contribution in [1.29, 1.82) is 5.41 Å².